The number of hydrogen-bond acceptors (Lipinski definition) is 5. The van der Waals surface area contributed by atoms with E-state index in [9.17, 15) is 0 Å². The summed E-state index contributed by atoms with van der Waals surface area (Å²) in [4.78, 5) is 6.76. The van der Waals surface area contributed by atoms with Crippen LogP contribution in [0.1, 0.15) is 18.5 Å². The summed E-state index contributed by atoms with van der Waals surface area (Å²) in [6.45, 7) is 4.19. The maximum Gasteiger partial charge on any atom is 0.161 e. The second-order valence-corrected chi connectivity index (χ2v) is 6.63. The average molecular weight is 340 g/mol. The minimum atomic E-state index is 0.0980. The Kier molecular flexibility index (Phi) is 5.14. The lowest BCUT2D eigenvalue weighted by Crippen LogP contribution is -2.45. The van der Waals surface area contributed by atoms with Gasteiger partial charge in [-0.1, -0.05) is 18.2 Å². The summed E-state index contributed by atoms with van der Waals surface area (Å²) in [5.74, 6) is 1.70. The molecular weight excluding hydrogens is 316 g/mol. The molecule has 25 heavy (non-hydrogen) atoms. The van der Waals surface area contributed by atoms with Crippen LogP contribution in [0.25, 0.3) is 0 Å². The number of rotatable bonds is 5. The lowest BCUT2D eigenvalue weighted by molar-refractivity contribution is -0.0158. The van der Waals surface area contributed by atoms with Crippen LogP contribution in [0.2, 0.25) is 0 Å². The summed E-state index contributed by atoms with van der Waals surface area (Å²) >= 11 is 0. The number of para-hydroxylation sites is 2. The zero-order valence-corrected chi connectivity index (χ0v) is 14.3. The molecule has 0 saturated carbocycles. The Labute approximate surface area is 148 Å². The molecule has 1 unspecified atom stereocenters. The summed E-state index contributed by atoms with van der Waals surface area (Å²) in [6, 6.07) is 13.8. The monoisotopic (exact) mass is 340 g/mol. The lowest BCUT2D eigenvalue weighted by Gasteiger charge is -2.35. The first-order valence-electron chi connectivity index (χ1n) is 8.99. The molecule has 0 radical (unpaired) electrons. The minimum Gasteiger partial charge on any atom is -0.486 e. The molecule has 0 N–H and O–H groups in total. The Morgan fingerprint density at radius 2 is 1.84 bits per heavy atom. The van der Waals surface area contributed by atoms with Crippen molar-refractivity contribution in [3.8, 4) is 11.5 Å². The number of fused-ring (bicyclic) bond motifs is 1. The van der Waals surface area contributed by atoms with Crippen molar-refractivity contribution in [2.45, 2.75) is 31.7 Å². The van der Waals surface area contributed by atoms with E-state index in [0.717, 1.165) is 49.7 Å². The van der Waals surface area contributed by atoms with Crippen LogP contribution in [-0.2, 0) is 11.3 Å². The Bertz CT molecular complexity index is 672. The number of benzene rings is 1. The fourth-order valence-electron chi connectivity index (χ4n) is 3.39. The molecule has 5 nitrogen and oxygen atoms in total. The molecule has 0 amide bonds. The maximum absolute atomic E-state index is 6.06. The summed E-state index contributed by atoms with van der Waals surface area (Å²) < 4.78 is 17.9. The number of pyridine rings is 1. The van der Waals surface area contributed by atoms with Gasteiger partial charge in [0.2, 0.25) is 0 Å². The third-order valence-corrected chi connectivity index (χ3v) is 4.76. The number of ether oxygens (including phenoxy) is 3. The Hall–Kier alpha value is -2.11. The first-order valence-corrected chi connectivity index (χ1v) is 8.99. The molecule has 3 heterocycles. The zero-order chi connectivity index (χ0) is 16.9. The molecule has 1 aromatic carbocycles. The molecule has 0 bridgehead atoms. The van der Waals surface area contributed by atoms with Crippen LogP contribution in [0.5, 0.6) is 11.5 Å². The molecule has 2 aliphatic heterocycles. The van der Waals surface area contributed by atoms with Crippen molar-refractivity contribution in [2.24, 2.45) is 0 Å². The van der Waals surface area contributed by atoms with Crippen molar-refractivity contribution < 1.29 is 14.2 Å². The van der Waals surface area contributed by atoms with Crippen LogP contribution in [-0.4, -0.2) is 48.3 Å². The Balaban J connectivity index is 1.20. The van der Waals surface area contributed by atoms with Crippen LogP contribution >= 0.6 is 0 Å². The van der Waals surface area contributed by atoms with Crippen molar-refractivity contribution in [3.05, 3.63) is 54.4 Å². The van der Waals surface area contributed by atoms with Crippen molar-refractivity contribution >= 4 is 0 Å². The fraction of sp³-hybridized carbons (Fsp3) is 0.450. The third kappa shape index (κ3) is 4.30. The van der Waals surface area contributed by atoms with Crippen LogP contribution in [0, 0.1) is 0 Å². The zero-order valence-electron chi connectivity index (χ0n) is 14.3. The molecule has 5 heteroatoms. The van der Waals surface area contributed by atoms with Gasteiger partial charge in [-0.25, -0.2) is 0 Å². The molecule has 1 atom stereocenters. The molecule has 2 aliphatic rings. The van der Waals surface area contributed by atoms with Crippen molar-refractivity contribution in [1.82, 2.24) is 9.88 Å². The molecule has 0 aliphatic carbocycles. The molecule has 1 saturated heterocycles. The van der Waals surface area contributed by atoms with E-state index in [0.29, 0.717) is 19.3 Å². The predicted molar refractivity (Wildman–Crippen MR) is 94.8 cm³/mol. The maximum atomic E-state index is 6.06. The second kappa shape index (κ2) is 7.85. The lowest BCUT2D eigenvalue weighted by atomic mass is 10.1. The number of likely N-dealkylation sites (tertiary alicyclic amines) is 1. The number of nitrogens with zero attached hydrogens (tertiary/aromatic N) is 2. The highest BCUT2D eigenvalue weighted by Crippen LogP contribution is 2.31. The van der Waals surface area contributed by atoms with E-state index in [2.05, 4.69) is 9.88 Å². The van der Waals surface area contributed by atoms with Gasteiger partial charge in [0.05, 0.1) is 18.4 Å². The standard InChI is InChI=1S/C20H24N2O3/c1-2-7-20-19(6-1)24-15-18(25-20)13-22-11-8-17(9-12-22)23-14-16-5-3-4-10-21-16/h1-7,10,17-18H,8-9,11-15H2. The molecular formula is C20H24N2O3. The highest BCUT2D eigenvalue weighted by molar-refractivity contribution is 5.40. The normalized spacial score (nSPS) is 21.2. The summed E-state index contributed by atoms with van der Waals surface area (Å²) in [5.41, 5.74) is 0.997. The molecule has 132 valence electrons. The summed E-state index contributed by atoms with van der Waals surface area (Å²) in [6.07, 6.45) is 4.34. The Morgan fingerprint density at radius 1 is 1.04 bits per heavy atom. The van der Waals surface area contributed by atoms with Gasteiger partial charge >= 0.3 is 0 Å². The molecule has 1 fully saturated rings. The van der Waals surface area contributed by atoms with E-state index in [1.807, 2.05) is 48.7 Å². The third-order valence-electron chi connectivity index (χ3n) is 4.76. The number of hydrogen-bond donors (Lipinski definition) is 0. The predicted octanol–water partition coefficient (Wildman–Crippen LogP) is 2.90. The van der Waals surface area contributed by atoms with Gasteiger partial charge in [-0.2, -0.15) is 0 Å². The van der Waals surface area contributed by atoms with E-state index >= 15 is 0 Å². The van der Waals surface area contributed by atoms with Gasteiger partial charge < -0.3 is 14.2 Å². The van der Waals surface area contributed by atoms with Gasteiger partial charge in [0.15, 0.2) is 11.5 Å². The number of aromatic nitrogens is 1. The van der Waals surface area contributed by atoms with Gasteiger partial charge in [0, 0.05) is 25.8 Å². The second-order valence-electron chi connectivity index (χ2n) is 6.63. The molecule has 1 aromatic heterocycles. The van der Waals surface area contributed by atoms with Crippen LogP contribution in [0.15, 0.2) is 48.7 Å². The highest BCUT2D eigenvalue weighted by Gasteiger charge is 2.26. The summed E-state index contributed by atoms with van der Waals surface area (Å²) in [5, 5.41) is 0. The van der Waals surface area contributed by atoms with E-state index in [-0.39, 0.29) is 6.10 Å². The largest absolute Gasteiger partial charge is 0.486 e. The quantitative estimate of drug-likeness (QED) is 0.837. The van der Waals surface area contributed by atoms with Gasteiger partial charge in [-0.15, -0.1) is 0 Å². The molecule has 2 aromatic rings. The average Bonchev–Trinajstić information content (AvgIpc) is 2.68. The van der Waals surface area contributed by atoms with E-state index in [1.54, 1.807) is 0 Å². The van der Waals surface area contributed by atoms with Crippen LogP contribution < -0.4 is 9.47 Å². The van der Waals surface area contributed by atoms with Crippen LogP contribution in [0.4, 0.5) is 0 Å². The SMILES string of the molecule is c1ccc(COC2CCN(CC3COc4ccccc4O3)CC2)nc1. The van der Waals surface area contributed by atoms with E-state index in [1.165, 1.54) is 0 Å². The smallest absolute Gasteiger partial charge is 0.161 e. The Morgan fingerprint density at radius 3 is 2.64 bits per heavy atom. The topological polar surface area (TPSA) is 43.8 Å². The molecule has 4 rings (SSSR count). The molecule has 0 spiro atoms. The summed E-state index contributed by atoms with van der Waals surface area (Å²) in [7, 11) is 0. The minimum absolute atomic E-state index is 0.0980. The first-order chi connectivity index (χ1) is 12.4. The van der Waals surface area contributed by atoms with Crippen molar-refractivity contribution in [3.63, 3.8) is 0 Å². The van der Waals surface area contributed by atoms with Crippen molar-refractivity contribution in [1.29, 1.82) is 0 Å². The van der Waals surface area contributed by atoms with Gasteiger partial charge in [-0.3, -0.25) is 9.88 Å². The van der Waals surface area contributed by atoms with Crippen molar-refractivity contribution in [2.75, 3.05) is 26.2 Å². The van der Waals surface area contributed by atoms with E-state index < -0.39 is 0 Å². The number of piperidine rings is 1. The van der Waals surface area contributed by atoms with Gasteiger partial charge in [-0.05, 0) is 37.1 Å². The van der Waals surface area contributed by atoms with Gasteiger partial charge in [0.1, 0.15) is 12.7 Å². The highest BCUT2D eigenvalue weighted by atomic mass is 16.6. The van der Waals surface area contributed by atoms with Gasteiger partial charge in [0.25, 0.3) is 0 Å². The first kappa shape index (κ1) is 16.4. The van der Waals surface area contributed by atoms with E-state index in [4.69, 9.17) is 14.2 Å². The fourth-order valence-corrected chi connectivity index (χ4v) is 3.39. The van der Waals surface area contributed by atoms with Crippen LogP contribution in [0.3, 0.4) is 0 Å².